The molecule has 0 bridgehead atoms. The Morgan fingerprint density at radius 1 is 1.07 bits per heavy atom. The summed E-state index contributed by atoms with van der Waals surface area (Å²) >= 11 is 0. The summed E-state index contributed by atoms with van der Waals surface area (Å²) in [5.74, 6) is -3.39. The molecule has 4 aromatic rings. The number of halogens is 3. The van der Waals surface area contributed by atoms with E-state index in [9.17, 15) is 27.6 Å². The number of nitrogens with one attached hydrogen (secondary N) is 3. The number of hydrogen-bond donors (Lipinski definition) is 3. The molecule has 202 valence electrons. The van der Waals surface area contributed by atoms with E-state index in [4.69, 9.17) is 0 Å². The standard InChI is InChI=1S/C28H21F3N6O3/c1-15-11-34-24(35-15)10-18-25-22(31)7-16(9-23(25)36-27(18)39)3-2-6-33-26(38)19-12-32-14-37(28(19)40)13-17-4-5-20(29)21(30)8-17/h2-5,7-12,14H,6,13H2,1H3,(H,33,38)(H,34,35)(H,36,39). The predicted octanol–water partition coefficient (Wildman–Crippen LogP) is 3.68. The van der Waals surface area contributed by atoms with Crippen LogP contribution in [0, 0.1) is 24.4 Å². The first-order valence-corrected chi connectivity index (χ1v) is 12.0. The quantitative estimate of drug-likeness (QED) is 0.306. The summed E-state index contributed by atoms with van der Waals surface area (Å²) in [6.45, 7) is 1.71. The van der Waals surface area contributed by atoms with Crippen LogP contribution in [0.2, 0.25) is 0 Å². The van der Waals surface area contributed by atoms with Crippen molar-refractivity contribution in [2.45, 2.75) is 13.5 Å². The minimum atomic E-state index is -1.05. The Bertz CT molecular complexity index is 1770. The average molecular weight is 547 g/mol. The molecular weight excluding hydrogens is 525 g/mol. The van der Waals surface area contributed by atoms with Crippen LogP contribution in [0.5, 0.6) is 0 Å². The molecule has 0 saturated heterocycles. The highest BCUT2D eigenvalue weighted by Crippen LogP contribution is 2.36. The first kappa shape index (κ1) is 26.4. The van der Waals surface area contributed by atoms with Gasteiger partial charge in [0.25, 0.3) is 17.4 Å². The van der Waals surface area contributed by atoms with Crippen LogP contribution in [0.15, 0.2) is 59.9 Å². The van der Waals surface area contributed by atoms with E-state index >= 15 is 0 Å². The molecule has 3 heterocycles. The number of carbonyl (C=O) groups excluding carboxylic acids is 2. The molecule has 2 amide bonds. The Morgan fingerprint density at radius 3 is 2.65 bits per heavy atom. The van der Waals surface area contributed by atoms with E-state index in [1.165, 1.54) is 24.5 Å². The lowest BCUT2D eigenvalue weighted by atomic mass is 10.0. The molecule has 5 rings (SSSR count). The maximum Gasteiger partial charge on any atom is 0.266 e. The summed E-state index contributed by atoms with van der Waals surface area (Å²) in [7, 11) is 0. The van der Waals surface area contributed by atoms with Crippen molar-refractivity contribution in [3.63, 3.8) is 0 Å². The number of aromatic amines is 1. The maximum atomic E-state index is 15.0. The van der Waals surface area contributed by atoms with E-state index in [1.54, 1.807) is 24.4 Å². The van der Waals surface area contributed by atoms with Gasteiger partial charge in [0.05, 0.1) is 24.1 Å². The van der Waals surface area contributed by atoms with Crippen LogP contribution >= 0.6 is 0 Å². The van der Waals surface area contributed by atoms with Crippen molar-refractivity contribution in [2.24, 2.45) is 0 Å². The van der Waals surface area contributed by atoms with E-state index < -0.39 is 34.8 Å². The van der Waals surface area contributed by atoms with Gasteiger partial charge in [-0.3, -0.25) is 19.0 Å². The fraction of sp³-hybridized carbons (Fsp3) is 0.107. The number of hydrogen-bond acceptors (Lipinski definition) is 5. The van der Waals surface area contributed by atoms with Crippen LogP contribution in [0.25, 0.3) is 17.7 Å². The number of carbonyl (C=O) groups is 2. The van der Waals surface area contributed by atoms with Gasteiger partial charge in [0.1, 0.15) is 17.2 Å². The molecule has 0 unspecified atom stereocenters. The zero-order chi connectivity index (χ0) is 28.4. The molecule has 1 aliphatic rings. The number of fused-ring (bicyclic) bond motifs is 1. The van der Waals surface area contributed by atoms with Crippen molar-refractivity contribution in [3.8, 4) is 0 Å². The molecule has 0 radical (unpaired) electrons. The van der Waals surface area contributed by atoms with Crippen molar-refractivity contribution in [1.29, 1.82) is 0 Å². The van der Waals surface area contributed by atoms with Crippen LogP contribution in [-0.2, 0) is 11.3 Å². The summed E-state index contributed by atoms with van der Waals surface area (Å²) in [6, 6.07) is 6.10. The third-order valence-electron chi connectivity index (χ3n) is 6.05. The lowest BCUT2D eigenvalue weighted by molar-refractivity contribution is -0.110. The monoisotopic (exact) mass is 546 g/mol. The minimum absolute atomic E-state index is 0.00437. The number of nitrogens with zero attached hydrogens (tertiary/aromatic N) is 3. The van der Waals surface area contributed by atoms with Gasteiger partial charge in [-0.1, -0.05) is 18.2 Å². The number of imidazole rings is 1. The van der Waals surface area contributed by atoms with Gasteiger partial charge < -0.3 is 15.6 Å². The smallest absolute Gasteiger partial charge is 0.266 e. The number of benzene rings is 2. The van der Waals surface area contributed by atoms with Crippen molar-refractivity contribution in [2.75, 3.05) is 11.9 Å². The van der Waals surface area contributed by atoms with Gasteiger partial charge >= 0.3 is 0 Å². The molecular formula is C28H21F3N6O3. The van der Waals surface area contributed by atoms with Crippen LogP contribution in [0.4, 0.5) is 18.9 Å². The Hall–Kier alpha value is -5.26. The molecule has 0 aliphatic carbocycles. The summed E-state index contributed by atoms with van der Waals surface area (Å²) in [6.07, 6.45) is 8.48. The zero-order valence-electron chi connectivity index (χ0n) is 21.0. The lowest BCUT2D eigenvalue weighted by Crippen LogP contribution is -2.33. The van der Waals surface area contributed by atoms with Crippen LogP contribution in [-0.4, -0.2) is 37.9 Å². The fourth-order valence-electron chi connectivity index (χ4n) is 4.18. The van der Waals surface area contributed by atoms with Gasteiger partial charge in [0.15, 0.2) is 11.6 Å². The molecule has 2 aromatic heterocycles. The van der Waals surface area contributed by atoms with Crippen molar-refractivity contribution < 1.29 is 22.8 Å². The molecule has 0 fully saturated rings. The Kier molecular flexibility index (Phi) is 7.15. The molecule has 9 nitrogen and oxygen atoms in total. The van der Waals surface area contributed by atoms with E-state index in [2.05, 4.69) is 25.6 Å². The molecule has 0 spiro atoms. The summed E-state index contributed by atoms with van der Waals surface area (Å²) in [5, 5.41) is 5.20. The number of aryl methyl sites for hydroxylation is 1. The molecule has 12 heteroatoms. The van der Waals surface area contributed by atoms with Crippen LogP contribution in [0.1, 0.15) is 38.6 Å². The summed E-state index contributed by atoms with van der Waals surface area (Å²) in [4.78, 5) is 48.7. The van der Waals surface area contributed by atoms with E-state index in [1.807, 2.05) is 6.92 Å². The second-order valence-corrected chi connectivity index (χ2v) is 8.99. The summed E-state index contributed by atoms with van der Waals surface area (Å²) in [5.41, 5.74) is 1.25. The molecule has 2 aromatic carbocycles. The van der Waals surface area contributed by atoms with Gasteiger partial charge in [-0.05, 0) is 48.4 Å². The van der Waals surface area contributed by atoms with Crippen LogP contribution in [0.3, 0.4) is 0 Å². The third kappa shape index (κ3) is 5.46. The van der Waals surface area contributed by atoms with Gasteiger partial charge in [0, 0.05) is 30.2 Å². The number of aromatic nitrogens is 4. The lowest BCUT2D eigenvalue weighted by Gasteiger charge is -2.08. The van der Waals surface area contributed by atoms with Gasteiger partial charge in [0.2, 0.25) is 0 Å². The van der Waals surface area contributed by atoms with Gasteiger partial charge in [-0.2, -0.15) is 0 Å². The highest BCUT2D eigenvalue weighted by molar-refractivity contribution is 6.34. The highest BCUT2D eigenvalue weighted by atomic mass is 19.2. The number of H-pyrrole nitrogens is 1. The van der Waals surface area contributed by atoms with E-state index in [0.717, 1.165) is 28.6 Å². The average Bonchev–Trinajstić information content (AvgIpc) is 3.47. The molecule has 0 saturated carbocycles. The van der Waals surface area contributed by atoms with Crippen molar-refractivity contribution in [3.05, 3.63) is 117 Å². The topological polar surface area (TPSA) is 122 Å². The second kappa shape index (κ2) is 10.8. The molecule has 0 atom stereocenters. The number of anilines is 1. The Balaban J connectivity index is 1.25. The van der Waals surface area contributed by atoms with Crippen molar-refractivity contribution in [1.82, 2.24) is 24.8 Å². The zero-order valence-corrected chi connectivity index (χ0v) is 21.0. The van der Waals surface area contributed by atoms with E-state index in [-0.39, 0.29) is 29.8 Å². The molecule has 40 heavy (non-hydrogen) atoms. The predicted molar refractivity (Wildman–Crippen MR) is 142 cm³/mol. The number of amides is 2. The Morgan fingerprint density at radius 2 is 1.90 bits per heavy atom. The van der Waals surface area contributed by atoms with Gasteiger partial charge in [-0.15, -0.1) is 0 Å². The first-order valence-electron chi connectivity index (χ1n) is 12.0. The Labute approximate surface area is 225 Å². The van der Waals surface area contributed by atoms with Crippen molar-refractivity contribution >= 4 is 35.2 Å². The minimum Gasteiger partial charge on any atom is -0.348 e. The number of rotatable bonds is 7. The fourth-order valence-corrected chi connectivity index (χ4v) is 4.18. The molecule has 3 N–H and O–H groups in total. The normalized spacial score (nSPS) is 13.6. The second-order valence-electron chi connectivity index (χ2n) is 8.99. The van der Waals surface area contributed by atoms with Gasteiger partial charge in [-0.25, -0.2) is 23.1 Å². The largest absolute Gasteiger partial charge is 0.348 e. The SMILES string of the molecule is Cc1cnc(C=C2C(=O)Nc3cc(C=CCNC(=O)c4cncn(Cc5ccc(F)c(F)c5)c4=O)cc(F)c32)[nH]1. The first-order chi connectivity index (χ1) is 19.2. The third-order valence-corrected chi connectivity index (χ3v) is 6.05. The summed E-state index contributed by atoms with van der Waals surface area (Å²) < 4.78 is 42.7. The van der Waals surface area contributed by atoms with E-state index in [0.29, 0.717) is 22.6 Å². The molecule has 1 aliphatic heterocycles. The maximum absolute atomic E-state index is 15.0. The van der Waals surface area contributed by atoms with Crippen LogP contribution < -0.4 is 16.2 Å². The highest BCUT2D eigenvalue weighted by Gasteiger charge is 2.28.